The fraction of sp³-hybridized carbons (Fsp3) is 0.214. The zero-order valence-corrected chi connectivity index (χ0v) is 9.91. The Kier molecular flexibility index (Phi) is 3.74. The summed E-state index contributed by atoms with van der Waals surface area (Å²) in [7, 11) is 0. The van der Waals surface area contributed by atoms with Crippen molar-refractivity contribution in [3.05, 3.63) is 42.0 Å². The second-order valence-electron chi connectivity index (χ2n) is 4.03. The normalized spacial score (nSPS) is 11.5. The van der Waals surface area contributed by atoms with Crippen LogP contribution in [0.25, 0.3) is 10.8 Å². The highest BCUT2D eigenvalue weighted by molar-refractivity contribution is 6.00. The van der Waals surface area contributed by atoms with Crippen LogP contribution < -0.4 is 4.74 Å². The molecule has 0 aromatic heterocycles. The Balaban J connectivity index is 2.26. The number of benzene rings is 2. The van der Waals surface area contributed by atoms with Crippen LogP contribution in [0.1, 0.15) is 16.8 Å². The fourth-order valence-electron chi connectivity index (χ4n) is 1.80. The molecule has 0 saturated heterocycles. The van der Waals surface area contributed by atoms with Gasteiger partial charge in [0.25, 0.3) is 0 Å². The Labute approximate surface area is 107 Å². The topological polar surface area (TPSA) is 26.3 Å². The molecule has 0 bridgehead atoms. The first-order chi connectivity index (χ1) is 9.01. The summed E-state index contributed by atoms with van der Waals surface area (Å²) in [6, 6.07) is 10.4. The zero-order valence-electron chi connectivity index (χ0n) is 9.91. The Morgan fingerprint density at radius 1 is 1.11 bits per heavy atom. The monoisotopic (exact) mass is 268 g/mol. The van der Waals surface area contributed by atoms with Crippen LogP contribution in [-0.4, -0.2) is 19.1 Å². The average Bonchev–Trinajstić information content (AvgIpc) is 2.37. The molecule has 2 aromatic rings. The largest absolute Gasteiger partial charge is 0.492 e. The van der Waals surface area contributed by atoms with E-state index in [2.05, 4.69) is 0 Å². The highest BCUT2D eigenvalue weighted by atomic mass is 19.4. The summed E-state index contributed by atoms with van der Waals surface area (Å²) < 4.78 is 41.2. The van der Waals surface area contributed by atoms with Gasteiger partial charge in [-0.1, -0.05) is 30.3 Å². The molecule has 0 atom stereocenters. The van der Waals surface area contributed by atoms with Crippen LogP contribution in [0.2, 0.25) is 0 Å². The maximum Gasteiger partial charge on any atom is 0.392 e. The van der Waals surface area contributed by atoms with Gasteiger partial charge in [-0.3, -0.25) is 4.79 Å². The lowest BCUT2D eigenvalue weighted by atomic mass is 10.0. The maximum atomic E-state index is 12.0. The highest BCUT2D eigenvalue weighted by Crippen LogP contribution is 2.27. The van der Waals surface area contributed by atoms with Gasteiger partial charge in [0, 0.05) is 0 Å². The SMILES string of the molecule is O=Cc1c(OCCC(F)(F)F)ccc2ccccc12. The summed E-state index contributed by atoms with van der Waals surface area (Å²) in [6.07, 6.45) is -4.71. The van der Waals surface area contributed by atoms with Crippen molar-refractivity contribution < 1.29 is 22.7 Å². The molecule has 0 aliphatic heterocycles. The van der Waals surface area contributed by atoms with Crippen molar-refractivity contribution in [1.82, 2.24) is 0 Å². The molecule has 0 heterocycles. The van der Waals surface area contributed by atoms with E-state index in [1.807, 2.05) is 12.1 Å². The number of rotatable bonds is 4. The smallest absolute Gasteiger partial charge is 0.392 e. The molecule has 2 aromatic carbocycles. The zero-order chi connectivity index (χ0) is 13.9. The average molecular weight is 268 g/mol. The van der Waals surface area contributed by atoms with E-state index in [1.54, 1.807) is 18.2 Å². The molecule has 0 aliphatic carbocycles. The number of hydrogen-bond donors (Lipinski definition) is 0. The number of fused-ring (bicyclic) bond motifs is 1. The third-order valence-corrected chi connectivity index (χ3v) is 2.69. The molecule has 100 valence electrons. The summed E-state index contributed by atoms with van der Waals surface area (Å²) in [4.78, 5) is 11.1. The summed E-state index contributed by atoms with van der Waals surface area (Å²) in [6.45, 7) is -0.497. The number of carbonyl (C=O) groups excluding carboxylic acids is 1. The van der Waals surface area contributed by atoms with Crippen LogP contribution in [0.3, 0.4) is 0 Å². The highest BCUT2D eigenvalue weighted by Gasteiger charge is 2.27. The Hall–Kier alpha value is -2.04. The van der Waals surface area contributed by atoms with Gasteiger partial charge in [-0.2, -0.15) is 13.2 Å². The molecule has 5 heteroatoms. The number of alkyl halides is 3. The molecule has 2 nitrogen and oxygen atoms in total. The van der Waals surface area contributed by atoms with Crippen molar-refractivity contribution in [2.45, 2.75) is 12.6 Å². The van der Waals surface area contributed by atoms with Gasteiger partial charge in [0.1, 0.15) is 5.75 Å². The fourth-order valence-corrected chi connectivity index (χ4v) is 1.80. The molecule has 0 aliphatic rings. The van der Waals surface area contributed by atoms with E-state index in [1.165, 1.54) is 6.07 Å². The minimum absolute atomic E-state index is 0.179. The van der Waals surface area contributed by atoms with E-state index >= 15 is 0 Å². The molecule has 19 heavy (non-hydrogen) atoms. The van der Waals surface area contributed by atoms with Crippen LogP contribution in [-0.2, 0) is 0 Å². The molecular weight excluding hydrogens is 257 g/mol. The van der Waals surface area contributed by atoms with Gasteiger partial charge >= 0.3 is 6.18 Å². The lowest BCUT2D eigenvalue weighted by Gasteiger charge is -2.11. The first-order valence-corrected chi connectivity index (χ1v) is 5.68. The van der Waals surface area contributed by atoms with Gasteiger partial charge in [-0.15, -0.1) is 0 Å². The third kappa shape index (κ3) is 3.24. The molecular formula is C14H11F3O2. The molecule has 0 unspecified atom stereocenters. The van der Waals surface area contributed by atoms with Crippen molar-refractivity contribution in [3.8, 4) is 5.75 Å². The van der Waals surface area contributed by atoms with Gasteiger partial charge in [-0.05, 0) is 16.8 Å². The number of carbonyl (C=O) groups is 1. The predicted octanol–water partition coefficient (Wildman–Crippen LogP) is 3.98. The van der Waals surface area contributed by atoms with E-state index in [9.17, 15) is 18.0 Å². The summed E-state index contributed by atoms with van der Waals surface area (Å²) >= 11 is 0. The molecule has 0 saturated carbocycles. The molecule has 0 fully saturated rings. The van der Waals surface area contributed by atoms with Crippen LogP contribution >= 0.6 is 0 Å². The molecule has 0 N–H and O–H groups in total. The van der Waals surface area contributed by atoms with E-state index < -0.39 is 19.2 Å². The summed E-state index contributed by atoms with van der Waals surface area (Å²) in [5.74, 6) is 0.179. The van der Waals surface area contributed by atoms with Gasteiger partial charge in [0.2, 0.25) is 0 Å². The Morgan fingerprint density at radius 3 is 2.53 bits per heavy atom. The number of aldehydes is 1. The Bertz CT molecular complexity index is 591. The third-order valence-electron chi connectivity index (χ3n) is 2.69. The minimum atomic E-state index is -4.27. The molecule has 2 rings (SSSR count). The molecule has 0 amide bonds. The number of halogens is 3. The molecule has 0 radical (unpaired) electrons. The quantitative estimate of drug-likeness (QED) is 0.784. The van der Waals surface area contributed by atoms with E-state index in [0.717, 1.165) is 5.39 Å². The predicted molar refractivity (Wildman–Crippen MR) is 65.5 cm³/mol. The van der Waals surface area contributed by atoms with Crippen LogP contribution in [0, 0.1) is 0 Å². The van der Waals surface area contributed by atoms with Crippen molar-refractivity contribution in [2.24, 2.45) is 0 Å². The summed E-state index contributed by atoms with van der Waals surface area (Å²) in [5, 5.41) is 1.51. The van der Waals surface area contributed by atoms with Gasteiger partial charge in [0.15, 0.2) is 6.29 Å². The van der Waals surface area contributed by atoms with Crippen LogP contribution in [0.5, 0.6) is 5.75 Å². The maximum absolute atomic E-state index is 12.0. The second kappa shape index (κ2) is 5.30. The van der Waals surface area contributed by atoms with Crippen LogP contribution in [0.4, 0.5) is 13.2 Å². The van der Waals surface area contributed by atoms with E-state index in [-0.39, 0.29) is 11.3 Å². The first-order valence-electron chi connectivity index (χ1n) is 5.68. The molecule has 0 spiro atoms. The second-order valence-corrected chi connectivity index (χ2v) is 4.03. The number of ether oxygens (including phenoxy) is 1. The van der Waals surface area contributed by atoms with Crippen molar-refractivity contribution in [3.63, 3.8) is 0 Å². The van der Waals surface area contributed by atoms with Crippen molar-refractivity contribution in [1.29, 1.82) is 0 Å². The first kappa shape index (κ1) is 13.4. The lowest BCUT2D eigenvalue weighted by molar-refractivity contribution is -0.139. The van der Waals surface area contributed by atoms with Crippen molar-refractivity contribution >= 4 is 17.1 Å². The lowest BCUT2D eigenvalue weighted by Crippen LogP contribution is -2.13. The van der Waals surface area contributed by atoms with Gasteiger partial charge in [0.05, 0.1) is 18.6 Å². The van der Waals surface area contributed by atoms with E-state index in [4.69, 9.17) is 4.74 Å². The minimum Gasteiger partial charge on any atom is -0.492 e. The number of hydrogen-bond acceptors (Lipinski definition) is 2. The van der Waals surface area contributed by atoms with Gasteiger partial charge < -0.3 is 4.74 Å². The van der Waals surface area contributed by atoms with Gasteiger partial charge in [-0.25, -0.2) is 0 Å². The van der Waals surface area contributed by atoms with Crippen LogP contribution in [0.15, 0.2) is 36.4 Å². The van der Waals surface area contributed by atoms with E-state index in [0.29, 0.717) is 11.7 Å². The summed E-state index contributed by atoms with van der Waals surface area (Å²) in [5.41, 5.74) is 0.278. The van der Waals surface area contributed by atoms with Crippen molar-refractivity contribution in [2.75, 3.05) is 6.61 Å². The standard InChI is InChI=1S/C14H11F3O2/c15-14(16,17)7-8-19-13-6-5-10-3-1-2-4-11(10)12(13)9-18/h1-6,9H,7-8H2. The Morgan fingerprint density at radius 2 is 1.84 bits per heavy atom.